The van der Waals surface area contributed by atoms with Crippen molar-refractivity contribution in [3.05, 3.63) is 62.7 Å². The molecule has 0 aromatic heterocycles. The maximum atomic E-state index is 13.1. The Kier molecular flexibility index (Phi) is 6.67. The van der Waals surface area contributed by atoms with Gasteiger partial charge in [0.1, 0.15) is 17.9 Å². The van der Waals surface area contributed by atoms with Gasteiger partial charge in [0.2, 0.25) is 0 Å². The van der Waals surface area contributed by atoms with Gasteiger partial charge in [0.25, 0.3) is 11.8 Å². The predicted octanol–water partition coefficient (Wildman–Crippen LogP) is 3.70. The lowest BCUT2D eigenvalue weighted by molar-refractivity contribution is -0.122. The number of benzene rings is 2. The summed E-state index contributed by atoms with van der Waals surface area (Å²) in [5.41, 5.74) is 2.45. The van der Waals surface area contributed by atoms with Crippen LogP contribution in [0.25, 0.3) is 6.08 Å². The fraction of sp³-hybridized carbons (Fsp3) is 0.136. The molecule has 1 N–H and O–H groups in total. The van der Waals surface area contributed by atoms with Crippen molar-refractivity contribution in [3.8, 4) is 18.1 Å². The van der Waals surface area contributed by atoms with Crippen LogP contribution in [-0.2, 0) is 16.0 Å². The van der Waals surface area contributed by atoms with E-state index in [1.54, 1.807) is 18.2 Å². The number of halogens is 1. The monoisotopic (exact) mass is 516 g/mol. The topological polar surface area (TPSA) is 58.6 Å². The number of hydrogen-bond donors (Lipinski definition) is 1. The van der Waals surface area contributed by atoms with Crippen molar-refractivity contribution in [3.63, 3.8) is 0 Å². The van der Waals surface area contributed by atoms with Crippen LogP contribution >= 0.6 is 34.8 Å². The number of thiocarbonyl (C=S) groups is 1. The Hall–Kier alpha value is -2.70. The van der Waals surface area contributed by atoms with Gasteiger partial charge in [0, 0.05) is 0 Å². The number of anilines is 1. The van der Waals surface area contributed by atoms with Crippen LogP contribution < -0.4 is 15.0 Å². The van der Waals surface area contributed by atoms with Gasteiger partial charge in [-0.3, -0.25) is 19.8 Å². The Morgan fingerprint density at radius 2 is 1.97 bits per heavy atom. The zero-order valence-corrected chi connectivity index (χ0v) is 18.5. The zero-order chi connectivity index (χ0) is 21.0. The Morgan fingerprint density at radius 1 is 1.24 bits per heavy atom. The first-order valence-corrected chi connectivity index (χ1v) is 10.3. The van der Waals surface area contributed by atoms with Crippen LogP contribution in [-0.4, -0.2) is 23.5 Å². The summed E-state index contributed by atoms with van der Waals surface area (Å²) in [7, 11) is 0. The third-order valence-corrected chi connectivity index (χ3v) is 5.41. The normalized spacial score (nSPS) is 15.3. The molecule has 1 fully saturated rings. The third kappa shape index (κ3) is 4.66. The van der Waals surface area contributed by atoms with Gasteiger partial charge < -0.3 is 4.74 Å². The highest BCUT2D eigenvalue weighted by molar-refractivity contribution is 14.1. The van der Waals surface area contributed by atoms with E-state index in [2.05, 4.69) is 40.8 Å². The van der Waals surface area contributed by atoms with Crippen molar-refractivity contribution < 1.29 is 14.3 Å². The highest BCUT2D eigenvalue weighted by Gasteiger charge is 2.34. The average molecular weight is 516 g/mol. The Bertz CT molecular complexity index is 1050. The average Bonchev–Trinajstić information content (AvgIpc) is 2.71. The molecule has 3 rings (SSSR count). The minimum atomic E-state index is -0.524. The second kappa shape index (κ2) is 9.20. The number of aryl methyl sites for hydroxylation is 1. The molecule has 0 saturated carbocycles. The molecule has 2 aromatic carbocycles. The minimum Gasteiger partial charge on any atom is -0.480 e. The lowest BCUT2D eigenvalue weighted by Gasteiger charge is -2.29. The molecule has 1 aliphatic rings. The number of ether oxygens (including phenoxy) is 1. The quantitative estimate of drug-likeness (QED) is 0.217. The van der Waals surface area contributed by atoms with E-state index in [4.69, 9.17) is 23.4 Å². The van der Waals surface area contributed by atoms with E-state index in [1.165, 1.54) is 4.90 Å². The summed E-state index contributed by atoms with van der Waals surface area (Å²) in [6, 6.07) is 12.8. The van der Waals surface area contributed by atoms with Gasteiger partial charge in [-0.25, -0.2) is 0 Å². The van der Waals surface area contributed by atoms with Gasteiger partial charge in [-0.15, -0.1) is 6.42 Å². The zero-order valence-electron chi connectivity index (χ0n) is 15.6. The summed E-state index contributed by atoms with van der Waals surface area (Å²) in [5.74, 6) is 2.07. The smallest absolute Gasteiger partial charge is 0.270 e. The summed E-state index contributed by atoms with van der Waals surface area (Å²) in [5, 5.41) is 2.66. The van der Waals surface area contributed by atoms with Gasteiger partial charge in [0.15, 0.2) is 5.11 Å². The SMILES string of the molecule is C#CCOc1ccc(/C=C2\C(=O)NC(=S)N(c3ccc(CC)cc3)C2=O)cc1I. The predicted molar refractivity (Wildman–Crippen MR) is 126 cm³/mol. The number of terminal acetylenes is 1. The maximum absolute atomic E-state index is 13.1. The summed E-state index contributed by atoms with van der Waals surface area (Å²) in [4.78, 5) is 26.8. The maximum Gasteiger partial charge on any atom is 0.270 e. The van der Waals surface area contributed by atoms with E-state index in [0.717, 1.165) is 15.6 Å². The number of amides is 2. The molecule has 29 heavy (non-hydrogen) atoms. The molecule has 7 heteroatoms. The molecule has 2 amide bonds. The van der Waals surface area contributed by atoms with Crippen LogP contribution in [0.1, 0.15) is 18.1 Å². The third-order valence-electron chi connectivity index (χ3n) is 4.28. The molecule has 1 saturated heterocycles. The van der Waals surface area contributed by atoms with Crippen molar-refractivity contribution in [2.24, 2.45) is 0 Å². The van der Waals surface area contributed by atoms with Crippen LogP contribution in [0, 0.1) is 15.9 Å². The number of nitrogens with one attached hydrogen (secondary N) is 1. The summed E-state index contributed by atoms with van der Waals surface area (Å²) in [6.07, 6.45) is 7.65. The largest absolute Gasteiger partial charge is 0.480 e. The van der Waals surface area contributed by atoms with Gasteiger partial charge in [0.05, 0.1) is 9.26 Å². The van der Waals surface area contributed by atoms with Crippen LogP contribution in [0.5, 0.6) is 5.75 Å². The molecule has 0 aliphatic carbocycles. The molecule has 0 spiro atoms. The van der Waals surface area contributed by atoms with Crippen molar-refractivity contribution in [2.75, 3.05) is 11.5 Å². The van der Waals surface area contributed by atoms with Crippen LogP contribution in [0.4, 0.5) is 5.69 Å². The molecule has 2 aromatic rings. The first-order valence-electron chi connectivity index (χ1n) is 8.80. The fourth-order valence-electron chi connectivity index (χ4n) is 2.78. The van der Waals surface area contributed by atoms with Crippen molar-refractivity contribution >= 4 is 63.5 Å². The molecule has 0 atom stereocenters. The molecule has 1 aliphatic heterocycles. The van der Waals surface area contributed by atoms with Gasteiger partial charge in [-0.05, 0) is 82.7 Å². The van der Waals surface area contributed by atoms with Crippen LogP contribution in [0.15, 0.2) is 48.0 Å². The fourth-order valence-corrected chi connectivity index (χ4v) is 3.76. The Balaban J connectivity index is 1.92. The van der Waals surface area contributed by atoms with E-state index < -0.39 is 11.8 Å². The number of nitrogens with zero attached hydrogens (tertiary/aromatic N) is 1. The molecule has 0 bridgehead atoms. The van der Waals surface area contributed by atoms with Crippen LogP contribution in [0.3, 0.4) is 0 Å². The van der Waals surface area contributed by atoms with Crippen molar-refractivity contribution in [1.82, 2.24) is 5.32 Å². The highest BCUT2D eigenvalue weighted by atomic mass is 127. The molecular weight excluding hydrogens is 499 g/mol. The summed E-state index contributed by atoms with van der Waals surface area (Å²) < 4.78 is 6.26. The number of carbonyl (C=O) groups excluding carboxylic acids is 2. The first kappa shape index (κ1) is 21.0. The van der Waals surface area contributed by atoms with E-state index >= 15 is 0 Å². The second-order valence-electron chi connectivity index (χ2n) is 6.16. The molecular formula is C22H17IN2O3S. The second-order valence-corrected chi connectivity index (χ2v) is 7.71. The van der Waals surface area contributed by atoms with Crippen molar-refractivity contribution in [2.45, 2.75) is 13.3 Å². The molecule has 0 radical (unpaired) electrons. The molecule has 5 nitrogen and oxygen atoms in total. The Morgan fingerprint density at radius 3 is 2.59 bits per heavy atom. The molecule has 1 heterocycles. The van der Waals surface area contributed by atoms with Crippen molar-refractivity contribution in [1.29, 1.82) is 0 Å². The van der Waals surface area contributed by atoms with Gasteiger partial charge in [-0.2, -0.15) is 0 Å². The van der Waals surface area contributed by atoms with E-state index in [-0.39, 0.29) is 17.3 Å². The number of hydrogen-bond acceptors (Lipinski definition) is 4. The Labute approximate surface area is 188 Å². The standard InChI is InChI=1S/C22H17IN2O3S/c1-3-11-28-19-10-7-15(13-18(19)23)12-17-20(26)24-22(29)25(21(17)27)16-8-5-14(4-2)6-9-16/h1,5-10,12-13H,4,11H2,2H3,(H,24,26,29)/b17-12+. The number of carbonyl (C=O) groups is 2. The summed E-state index contributed by atoms with van der Waals surface area (Å²) in [6.45, 7) is 2.22. The first-order chi connectivity index (χ1) is 13.9. The van der Waals surface area contributed by atoms with Gasteiger partial charge in [-0.1, -0.05) is 31.0 Å². The minimum absolute atomic E-state index is 0.00580. The number of rotatable bonds is 5. The summed E-state index contributed by atoms with van der Waals surface area (Å²) >= 11 is 7.35. The molecule has 146 valence electrons. The van der Waals surface area contributed by atoms with Crippen LogP contribution in [0.2, 0.25) is 0 Å². The lowest BCUT2D eigenvalue weighted by atomic mass is 10.1. The lowest BCUT2D eigenvalue weighted by Crippen LogP contribution is -2.54. The highest BCUT2D eigenvalue weighted by Crippen LogP contribution is 2.26. The van der Waals surface area contributed by atoms with E-state index in [1.807, 2.05) is 30.3 Å². The van der Waals surface area contributed by atoms with E-state index in [0.29, 0.717) is 17.0 Å². The molecule has 0 unspecified atom stereocenters. The van der Waals surface area contributed by atoms with E-state index in [9.17, 15) is 9.59 Å². The van der Waals surface area contributed by atoms with Gasteiger partial charge >= 0.3 is 0 Å².